The van der Waals surface area contributed by atoms with Gasteiger partial charge in [-0.1, -0.05) is 0 Å². The van der Waals surface area contributed by atoms with Crippen molar-refractivity contribution in [2.45, 2.75) is 32.2 Å². The van der Waals surface area contributed by atoms with Crippen molar-refractivity contribution in [3.8, 4) is 11.3 Å². The first-order valence-corrected chi connectivity index (χ1v) is 6.76. The predicted octanol–water partition coefficient (Wildman–Crippen LogP) is 2.82. The van der Waals surface area contributed by atoms with E-state index in [1.807, 2.05) is 12.3 Å². The second kappa shape index (κ2) is 5.13. The van der Waals surface area contributed by atoms with Crippen LogP contribution in [-0.4, -0.2) is 22.6 Å². The highest BCUT2D eigenvalue weighted by atomic mass is 19.1. The lowest BCUT2D eigenvalue weighted by molar-refractivity contribution is 0.589. The van der Waals surface area contributed by atoms with Crippen LogP contribution in [0.25, 0.3) is 11.3 Å². The molecule has 1 atom stereocenters. The molecule has 1 aromatic carbocycles. The summed E-state index contributed by atoms with van der Waals surface area (Å²) in [7, 11) is 0. The van der Waals surface area contributed by atoms with Gasteiger partial charge < -0.3 is 10.3 Å². The predicted molar refractivity (Wildman–Crippen MR) is 73.4 cm³/mol. The molecule has 1 saturated heterocycles. The summed E-state index contributed by atoms with van der Waals surface area (Å²) in [5.74, 6) is 0.829. The maximum atomic E-state index is 13.3. The van der Waals surface area contributed by atoms with Crippen LogP contribution in [0.15, 0.2) is 24.4 Å². The molecule has 1 unspecified atom stereocenters. The van der Waals surface area contributed by atoms with Crippen LogP contribution in [0.2, 0.25) is 0 Å². The van der Waals surface area contributed by atoms with E-state index in [0.29, 0.717) is 11.6 Å². The Balaban J connectivity index is 1.78. The Morgan fingerprint density at radius 2 is 2.32 bits per heavy atom. The van der Waals surface area contributed by atoms with Gasteiger partial charge in [-0.25, -0.2) is 9.37 Å². The van der Waals surface area contributed by atoms with Crippen molar-refractivity contribution in [2.75, 3.05) is 6.54 Å². The molecule has 1 aliphatic heterocycles. The zero-order valence-corrected chi connectivity index (χ0v) is 11.0. The summed E-state index contributed by atoms with van der Waals surface area (Å²) in [4.78, 5) is 7.75. The standard InChI is InChI=1S/C15H18FN3/c1-10-7-11(4-5-13(10)16)14-9-18-15(19-14)8-12-3-2-6-17-12/h4-5,7,9,12,17H,2-3,6,8H2,1H3,(H,18,19). The number of H-pyrrole nitrogens is 1. The molecule has 0 radical (unpaired) electrons. The molecule has 0 saturated carbocycles. The number of nitrogens with zero attached hydrogens (tertiary/aromatic N) is 1. The molecule has 0 spiro atoms. The molecule has 0 aliphatic carbocycles. The van der Waals surface area contributed by atoms with Gasteiger partial charge in [-0.3, -0.25) is 0 Å². The number of aromatic amines is 1. The lowest BCUT2D eigenvalue weighted by atomic mass is 10.1. The zero-order chi connectivity index (χ0) is 13.2. The van der Waals surface area contributed by atoms with Crippen LogP contribution in [0.5, 0.6) is 0 Å². The highest BCUT2D eigenvalue weighted by Crippen LogP contribution is 2.21. The van der Waals surface area contributed by atoms with Crippen LogP contribution in [0.3, 0.4) is 0 Å². The van der Waals surface area contributed by atoms with E-state index in [1.54, 1.807) is 13.0 Å². The van der Waals surface area contributed by atoms with E-state index >= 15 is 0 Å². The van der Waals surface area contributed by atoms with Gasteiger partial charge in [0.15, 0.2) is 0 Å². The number of hydrogen-bond acceptors (Lipinski definition) is 2. The minimum Gasteiger partial charge on any atom is -0.342 e. The number of nitrogens with one attached hydrogen (secondary N) is 2. The second-order valence-electron chi connectivity index (χ2n) is 5.20. The first-order valence-electron chi connectivity index (χ1n) is 6.76. The number of halogens is 1. The lowest BCUT2D eigenvalue weighted by Crippen LogP contribution is -2.24. The summed E-state index contributed by atoms with van der Waals surface area (Å²) >= 11 is 0. The number of aromatic nitrogens is 2. The van der Waals surface area contributed by atoms with Crippen molar-refractivity contribution >= 4 is 0 Å². The molecular weight excluding hydrogens is 241 g/mol. The number of aryl methyl sites for hydroxylation is 1. The van der Waals surface area contributed by atoms with Crippen molar-refractivity contribution in [3.05, 3.63) is 41.6 Å². The molecule has 0 amide bonds. The Labute approximate surface area is 112 Å². The van der Waals surface area contributed by atoms with Crippen LogP contribution in [0.1, 0.15) is 24.2 Å². The second-order valence-corrected chi connectivity index (χ2v) is 5.20. The topological polar surface area (TPSA) is 40.7 Å². The van der Waals surface area contributed by atoms with Crippen molar-refractivity contribution in [1.29, 1.82) is 0 Å². The maximum absolute atomic E-state index is 13.3. The summed E-state index contributed by atoms with van der Waals surface area (Å²) in [6.45, 7) is 2.88. The lowest BCUT2D eigenvalue weighted by Gasteiger charge is -2.06. The van der Waals surface area contributed by atoms with Crippen molar-refractivity contribution in [1.82, 2.24) is 15.3 Å². The third kappa shape index (κ3) is 2.68. The molecule has 19 heavy (non-hydrogen) atoms. The Morgan fingerprint density at radius 3 is 3.05 bits per heavy atom. The number of imidazole rings is 1. The summed E-state index contributed by atoms with van der Waals surface area (Å²) in [5, 5.41) is 3.46. The average molecular weight is 259 g/mol. The van der Waals surface area contributed by atoms with Crippen LogP contribution in [0.4, 0.5) is 4.39 Å². The van der Waals surface area contributed by atoms with E-state index in [9.17, 15) is 4.39 Å². The molecule has 4 heteroatoms. The fourth-order valence-corrected chi connectivity index (χ4v) is 2.59. The number of benzene rings is 1. The summed E-state index contributed by atoms with van der Waals surface area (Å²) in [6.07, 6.45) is 5.22. The smallest absolute Gasteiger partial charge is 0.126 e. The molecule has 2 N–H and O–H groups in total. The van der Waals surface area contributed by atoms with E-state index < -0.39 is 0 Å². The highest BCUT2D eigenvalue weighted by Gasteiger charge is 2.16. The fourth-order valence-electron chi connectivity index (χ4n) is 2.59. The van der Waals surface area contributed by atoms with Gasteiger partial charge in [0, 0.05) is 18.0 Å². The van der Waals surface area contributed by atoms with Crippen LogP contribution < -0.4 is 5.32 Å². The summed E-state index contributed by atoms with van der Waals surface area (Å²) in [6, 6.07) is 5.67. The Morgan fingerprint density at radius 1 is 1.42 bits per heavy atom. The van der Waals surface area contributed by atoms with Crippen molar-refractivity contribution in [2.24, 2.45) is 0 Å². The first-order chi connectivity index (χ1) is 9.22. The van der Waals surface area contributed by atoms with E-state index in [0.717, 1.165) is 30.0 Å². The van der Waals surface area contributed by atoms with E-state index in [-0.39, 0.29) is 5.82 Å². The van der Waals surface area contributed by atoms with Gasteiger partial charge in [0.1, 0.15) is 11.6 Å². The first kappa shape index (κ1) is 12.4. The molecule has 2 heterocycles. The highest BCUT2D eigenvalue weighted by molar-refractivity contribution is 5.59. The maximum Gasteiger partial charge on any atom is 0.126 e. The molecule has 1 aliphatic rings. The van der Waals surface area contributed by atoms with E-state index in [2.05, 4.69) is 15.3 Å². The van der Waals surface area contributed by atoms with Gasteiger partial charge in [0.2, 0.25) is 0 Å². The van der Waals surface area contributed by atoms with Gasteiger partial charge in [-0.15, -0.1) is 0 Å². The minimum absolute atomic E-state index is 0.168. The Kier molecular flexibility index (Phi) is 3.34. The molecule has 2 aromatic rings. The molecular formula is C15H18FN3. The monoisotopic (exact) mass is 259 g/mol. The van der Waals surface area contributed by atoms with Gasteiger partial charge in [-0.2, -0.15) is 0 Å². The quantitative estimate of drug-likeness (QED) is 0.890. The summed E-state index contributed by atoms with van der Waals surface area (Å²) < 4.78 is 13.3. The SMILES string of the molecule is Cc1cc(-c2cnc(CC3CCCN3)[nH]2)ccc1F. The Hall–Kier alpha value is -1.68. The van der Waals surface area contributed by atoms with Gasteiger partial charge in [0.05, 0.1) is 11.9 Å². The third-order valence-corrected chi connectivity index (χ3v) is 3.70. The van der Waals surface area contributed by atoms with E-state index in [1.165, 1.54) is 18.9 Å². The number of rotatable bonds is 3. The third-order valence-electron chi connectivity index (χ3n) is 3.70. The van der Waals surface area contributed by atoms with Crippen LogP contribution >= 0.6 is 0 Å². The largest absolute Gasteiger partial charge is 0.342 e. The van der Waals surface area contributed by atoms with Crippen LogP contribution in [-0.2, 0) is 6.42 Å². The van der Waals surface area contributed by atoms with Gasteiger partial charge in [0.25, 0.3) is 0 Å². The number of hydrogen-bond donors (Lipinski definition) is 2. The zero-order valence-electron chi connectivity index (χ0n) is 11.0. The van der Waals surface area contributed by atoms with Crippen molar-refractivity contribution in [3.63, 3.8) is 0 Å². The van der Waals surface area contributed by atoms with Gasteiger partial charge in [-0.05, 0) is 50.1 Å². The molecule has 1 aromatic heterocycles. The van der Waals surface area contributed by atoms with E-state index in [4.69, 9.17) is 0 Å². The minimum atomic E-state index is -0.168. The molecule has 3 nitrogen and oxygen atoms in total. The average Bonchev–Trinajstić information content (AvgIpc) is 3.05. The van der Waals surface area contributed by atoms with Gasteiger partial charge >= 0.3 is 0 Å². The van der Waals surface area contributed by atoms with Crippen LogP contribution in [0, 0.1) is 12.7 Å². The fraction of sp³-hybridized carbons (Fsp3) is 0.400. The van der Waals surface area contributed by atoms with Crippen molar-refractivity contribution < 1.29 is 4.39 Å². The molecule has 100 valence electrons. The Bertz CT molecular complexity index is 571. The molecule has 1 fully saturated rings. The summed E-state index contributed by atoms with van der Waals surface area (Å²) in [5.41, 5.74) is 2.60. The normalized spacial score (nSPS) is 18.9. The molecule has 0 bridgehead atoms. The molecule has 3 rings (SSSR count).